The number of likely N-dealkylation sites (tertiary alicyclic amines) is 1. The van der Waals surface area contributed by atoms with E-state index in [0.717, 1.165) is 0 Å². The Balaban J connectivity index is 1.78. The summed E-state index contributed by atoms with van der Waals surface area (Å²) in [7, 11) is 0. The van der Waals surface area contributed by atoms with Crippen LogP contribution in [0, 0.1) is 0 Å². The Morgan fingerprint density at radius 2 is 2.00 bits per heavy atom. The lowest BCUT2D eigenvalue weighted by atomic mass is 9.93. The summed E-state index contributed by atoms with van der Waals surface area (Å²) in [6.07, 6.45) is 2.57. The molecule has 0 spiro atoms. The summed E-state index contributed by atoms with van der Waals surface area (Å²) in [4.78, 5) is 29.5. The van der Waals surface area contributed by atoms with Gasteiger partial charge in [0, 0.05) is 13.1 Å². The minimum absolute atomic E-state index is 0.175. The van der Waals surface area contributed by atoms with E-state index in [1.54, 1.807) is 34.5 Å². The molecule has 3 heterocycles. The van der Waals surface area contributed by atoms with Crippen LogP contribution in [0.1, 0.15) is 30.1 Å². The molecule has 1 saturated heterocycles. The number of amides is 1. The van der Waals surface area contributed by atoms with Crippen molar-refractivity contribution in [2.45, 2.75) is 25.4 Å². The molecule has 0 bridgehead atoms. The Bertz CT molecular complexity index is 992. The van der Waals surface area contributed by atoms with E-state index in [1.165, 1.54) is 6.20 Å². The van der Waals surface area contributed by atoms with Crippen molar-refractivity contribution in [3.8, 4) is 0 Å². The monoisotopic (exact) mass is 326 g/mol. The molecule has 124 valence electrons. The highest BCUT2D eigenvalue weighted by Crippen LogP contribution is 2.23. The zero-order chi connectivity index (χ0) is 16.9. The molecule has 4 rings (SSSR count). The first kappa shape index (κ1) is 14.9. The van der Waals surface area contributed by atoms with Crippen molar-refractivity contribution in [2.75, 3.05) is 13.1 Å². The topological polar surface area (TPSA) is 90.7 Å². The molecule has 24 heavy (non-hydrogen) atoms. The highest BCUT2D eigenvalue weighted by molar-refractivity contribution is 6.00. The van der Waals surface area contributed by atoms with E-state index in [1.807, 2.05) is 6.07 Å². The number of hydrogen-bond acceptors (Lipinski definition) is 4. The second-order valence-electron chi connectivity index (χ2n) is 6.58. The summed E-state index contributed by atoms with van der Waals surface area (Å²) in [6, 6.07) is 7.15. The Hall–Kier alpha value is -2.67. The number of aliphatic hydroxyl groups is 1. The van der Waals surface area contributed by atoms with Crippen LogP contribution in [0.15, 0.2) is 35.3 Å². The van der Waals surface area contributed by atoms with Crippen molar-refractivity contribution in [3.63, 3.8) is 0 Å². The first-order chi connectivity index (χ1) is 11.5. The van der Waals surface area contributed by atoms with Gasteiger partial charge < -0.3 is 15.0 Å². The van der Waals surface area contributed by atoms with Crippen molar-refractivity contribution in [1.82, 2.24) is 19.5 Å². The van der Waals surface area contributed by atoms with Crippen molar-refractivity contribution < 1.29 is 9.90 Å². The minimum Gasteiger partial charge on any atom is -0.390 e. The lowest BCUT2D eigenvalue weighted by molar-refractivity contribution is -0.00197. The van der Waals surface area contributed by atoms with Crippen LogP contribution >= 0.6 is 0 Å². The van der Waals surface area contributed by atoms with E-state index < -0.39 is 5.60 Å². The van der Waals surface area contributed by atoms with Crippen molar-refractivity contribution >= 4 is 22.5 Å². The molecule has 0 aliphatic carbocycles. The normalized spacial score (nSPS) is 17.5. The van der Waals surface area contributed by atoms with Crippen LogP contribution in [-0.2, 0) is 0 Å². The Kier molecular flexibility index (Phi) is 3.21. The number of piperidine rings is 1. The Morgan fingerprint density at radius 1 is 1.29 bits per heavy atom. The van der Waals surface area contributed by atoms with E-state index in [-0.39, 0.29) is 11.5 Å². The number of nitrogens with zero attached hydrogens (tertiary/aromatic N) is 3. The van der Waals surface area contributed by atoms with Gasteiger partial charge in [-0.15, -0.1) is 0 Å². The number of hydrogen-bond donors (Lipinski definition) is 2. The zero-order valence-corrected chi connectivity index (χ0v) is 13.3. The van der Waals surface area contributed by atoms with Gasteiger partial charge in [-0.25, -0.2) is 4.52 Å². The molecular formula is C17H18N4O3. The fourth-order valence-electron chi connectivity index (χ4n) is 3.19. The van der Waals surface area contributed by atoms with Gasteiger partial charge >= 0.3 is 0 Å². The van der Waals surface area contributed by atoms with E-state index in [9.17, 15) is 14.7 Å². The Labute approximate surface area is 137 Å². The SMILES string of the molecule is CC1(O)CCN(C(=O)c2cnn3c2[nH]c(=O)c2ccccc23)CC1. The smallest absolute Gasteiger partial charge is 0.259 e. The standard InChI is InChI=1S/C17H18N4O3/c1-17(24)6-8-20(9-7-17)16(23)12-10-18-21-13-5-3-2-4-11(13)15(22)19-14(12)21/h2-5,10,24H,6-9H2,1H3,(H,19,22). The average Bonchev–Trinajstić information content (AvgIpc) is 2.98. The third kappa shape index (κ3) is 2.28. The van der Waals surface area contributed by atoms with Crippen molar-refractivity contribution in [1.29, 1.82) is 0 Å². The van der Waals surface area contributed by atoms with E-state index in [4.69, 9.17) is 0 Å². The lowest BCUT2D eigenvalue weighted by Crippen LogP contribution is -2.45. The van der Waals surface area contributed by atoms with Gasteiger partial charge in [-0.1, -0.05) is 12.1 Å². The molecule has 7 nitrogen and oxygen atoms in total. The van der Waals surface area contributed by atoms with Crippen LogP contribution in [0.25, 0.3) is 16.6 Å². The predicted octanol–water partition coefficient (Wildman–Crippen LogP) is 1.16. The number of H-pyrrole nitrogens is 1. The molecule has 2 aromatic heterocycles. The highest BCUT2D eigenvalue weighted by Gasteiger charge is 2.31. The fraction of sp³-hybridized carbons (Fsp3) is 0.353. The maximum absolute atomic E-state index is 12.8. The van der Waals surface area contributed by atoms with Crippen LogP contribution in [0.2, 0.25) is 0 Å². The highest BCUT2D eigenvalue weighted by atomic mass is 16.3. The number of para-hydroxylation sites is 1. The van der Waals surface area contributed by atoms with Crippen LogP contribution in [0.3, 0.4) is 0 Å². The van der Waals surface area contributed by atoms with Gasteiger partial charge in [-0.2, -0.15) is 5.10 Å². The third-order valence-electron chi connectivity index (χ3n) is 4.74. The fourth-order valence-corrected chi connectivity index (χ4v) is 3.19. The number of carbonyl (C=O) groups is 1. The number of aromatic amines is 1. The molecule has 1 aliphatic heterocycles. The van der Waals surface area contributed by atoms with Gasteiger partial charge in [-0.05, 0) is 31.9 Å². The molecule has 0 atom stereocenters. The first-order valence-corrected chi connectivity index (χ1v) is 7.97. The summed E-state index contributed by atoms with van der Waals surface area (Å²) >= 11 is 0. The maximum Gasteiger partial charge on any atom is 0.259 e. The molecule has 7 heteroatoms. The summed E-state index contributed by atoms with van der Waals surface area (Å²) in [5.41, 5.74) is 0.481. The molecule has 0 unspecified atom stereocenters. The largest absolute Gasteiger partial charge is 0.390 e. The summed E-state index contributed by atoms with van der Waals surface area (Å²) in [5.74, 6) is -0.175. The number of nitrogens with one attached hydrogen (secondary N) is 1. The van der Waals surface area contributed by atoms with E-state index in [0.29, 0.717) is 48.0 Å². The summed E-state index contributed by atoms with van der Waals surface area (Å²) < 4.78 is 1.59. The van der Waals surface area contributed by atoms with Crippen molar-refractivity contribution in [2.24, 2.45) is 0 Å². The van der Waals surface area contributed by atoms with E-state index >= 15 is 0 Å². The van der Waals surface area contributed by atoms with Gasteiger partial charge in [0.05, 0.1) is 22.7 Å². The van der Waals surface area contributed by atoms with Crippen LogP contribution in [0.5, 0.6) is 0 Å². The molecule has 2 N–H and O–H groups in total. The van der Waals surface area contributed by atoms with Crippen LogP contribution in [0.4, 0.5) is 0 Å². The molecule has 1 aliphatic rings. The number of carbonyl (C=O) groups excluding carboxylic acids is 1. The van der Waals surface area contributed by atoms with E-state index in [2.05, 4.69) is 10.1 Å². The second kappa shape index (κ2) is 5.17. The van der Waals surface area contributed by atoms with Gasteiger partial charge in [-0.3, -0.25) is 9.59 Å². The maximum atomic E-state index is 12.8. The van der Waals surface area contributed by atoms with Crippen LogP contribution in [-0.4, -0.2) is 49.2 Å². The lowest BCUT2D eigenvalue weighted by Gasteiger charge is -2.35. The second-order valence-corrected chi connectivity index (χ2v) is 6.58. The third-order valence-corrected chi connectivity index (χ3v) is 4.74. The first-order valence-electron chi connectivity index (χ1n) is 7.97. The van der Waals surface area contributed by atoms with Crippen LogP contribution < -0.4 is 5.56 Å². The molecule has 3 aromatic rings. The van der Waals surface area contributed by atoms with Gasteiger partial charge in [0.1, 0.15) is 11.2 Å². The summed E-state index contributed by atoms with van der Waals surface area (Å²) in [6.45, 7) is 2.76. The van der Waals surface area contributed by atoms with Gasteiger partial charge in [0.15, 0.2) is 0 Å². The predicted molar refractivity (Wildman–Crippen MR) is 89.1 cm³/mol. The molecule has 1 aromatic carbocycles. The number of fused-ring (bicyclic) bond motifs is 3. The molecule has 1 fully saturated rings. The number of benzene rings is 1. The Morgan fingerprint density at radius 3 is 2.75 bits per heavy atom. The minimum atomic E-state index is -0.720. The van der Waals surface area contributed by atoms with Gasteiger partial charge in [0.25, 0.3) is 11.5 Å². The number of aromatic nitrogens is 3. The quantitative estimate of drug-likeness (QED) is 0.702. The van der Waals surface area contributed by atoms with Gasteiger partial charge in [0.2, 0.25) is 0 Å². The molecule has 0 saturated carbocycles. The summed E-state index contributed by atoms with van der Waals surface area (Å²) in [5, 5.41) is 14.8. The molecular weight excluding hydrogens is 308 g/mol. The molecule has 0 radical (unpaired) electrons. The molecule has 1 amide bonds. The zero-order valence-electron chi connectivity index (χ0n) is 13.3. The average molecular weight is 326 g/mol. The van der Waals surface area contributed by atoms with Crippen molar-refractivity contribution in [3.05, 3.63) is 46.4 Å². The number of rotatable bonds is 1.